The van der Waals surface area contributed by atoms with E-state index < -0.39 is 0 Å². The van der Waals surface area contributed by atoms with Gasteiger partial charge in [-0.05, 0) is 68.2 Å². The summed E-state index contributed by atoms with van der Waals surface area (Å²) in [6, 6.07) is 11.3. The van der Waals surface area contributed by atoms with Gasteiger partial charge in [-0.3, -0.25) is 9.69 Å². The Labute approximate surface area is 192 Å². The number of piperidine rings is 1. The Kier molecular flexibility index (Phi) is 5.56. The number of aryl methyl sites for hydroxylation is 1. The van der Waals surface area contributed by atoms with Gasteiger partial charge in [0.25, 0.3) is 5.91 Å². The molecule has 0 spiro atoms. The lowest BCUT2D eigenvalue weighted by Gasteiger charge is -2.46. The summed E-state index contributed by atoms with van der Waals surface area (Å²) in [5.41, 5.74) is 3.32. The van der Waals surface area contributed by atoms with E-state index in [1.807, 2.05) is 11.8 Å². The molecule has 168 valence electrons. The van der Waals surface area contributed by atoms with E-state index in [0.717, 1.165) is 37.3 Å². The van der Waals surface area contributed by atoms with Crippen LogP contribution in [-0.2, 0) is 0 Å². The van der Waals surface area contributed by atoms with Crippen molar-refractivity contribution in [2.24, 2.45) is 0 Å². The molecule has 0 radical (unpaired) electrons. The zero-order valence-corrected chi connectivity index (χ0v) is 18.6. The third kappa shape index (κ3) is 3.96. The summed E-state index contributed by atoms with van der Waals surface area (Å²) in [5, 5.41) is 24.1. The van der Waals surface area contributed by atoms with E-state index in [0.29, 0.717) is 28.6 Å². The molecule has 33 heavy (non-hydrogen) atoms. The number of hydrogen-bond acceptors (Lipinski definition) is 6. The minimum Gasteiger partial charge on any atom is -0.493 e. The van der Waals surface area contributed by atoms with Crippen molar-refractivity contribution >= 4 is 5.91 Å². The van der Waals surface area contributed by atoms with Gasteiger partial charge in [0.1, 0.15) is 0 Å². The summed E-state index contributed by atoms with van der Waals surface area (Å²) in [6.45, 7) is 5.71. The molecule has 5 rings (SSSR count). The Morgan fingerprint density at radius 3 is 2.55 bits per heavy atom. The minimum absolute atomic E-state index is 0.0131. The molecule has 3 aromatic rings. The van der Waals surface area contributed by atoms with Gasteiger partial charge in [0.2, 0.25) is 5.88 Å². The Morgan fingerprint density at radius 2 is 1.88 bits per heavy atom. The third-order valence-electron chi connectivity index (χ3n) is 6.66. The van der Waals surface area contributed by atoms with Crippen molar-refractivity contribution in [3.63, 3.8) is 0 Å². The van der Waals surface area contributed by atoms with Crippen LogP contribution in [0.15, 0.2) is 42.7 Å². The van der Waals surface area contributed by atoms with Crippen LogP contribution in [0.4, 0.5) is 0 Å². The number of nitriles is 1. The van der Waals surface area contributed by atoms with Crippen molar-refractivity contribution in [1.29, 1.82) is 5.26 Å². The van der Waals surface area contributed by atoms with Crippen molar-refractivity contribution in [2.45, 2.75) is 32.2 Å². The number of carbonyl (C=O) groups excluding carboxylic acids is 1. The van der Waals surface area contributed by atoms with E-state index >= 15 is 0 Å². The quantitative estimate of drug-likeness (QED) is 0.667. The SMILES string of the molecule is Cc1cc(C#N)ccc1-c1cnn(-c2ccc(C(=O)N3CC(N4CCCCC4)C3)cn2)c1O. The Hall–Kier alpha value is -3.70. The number of likely N-dealkylation sites (tertiary alicyclic amines) is 2. The highest BCUT2D eigenvalue weighted by molar-refractivity contribution is 5.94. The molecule has 8 heteroatoms. The predicted molar refractivity (Wildman–Crippen MR) is 123 cm³/mol. The van der Waals surface area contributed by atoms with Gasteiger partial charge in [-0.25, -0.2) is 4.98 Å². The highest BCUT2D eigenvalue weighted by atomic mass is 16.3. The van der Waals surface area contributed by atoms with Crippen LogP contribution >= 0.6 is 0 Å². The molecule has 4 heterocycles. The molecule has 2 saturated heterocycles. The fourth-order valence-corrected chi connectivity index (χ4v) is 4.69. The van der Waals surface area contributed by atoms with E-state index in [4.69, 9.17) is 5.26 Å². The summed E-state index contributed by atoms with van der Waals surface area (Å²) in [6.07, 6.45) is 6.93. The monoisotopic (exact) mass is 442 g/mol. The zero-order valence-electron chi connectivity index (χ0n) is 18.6. The second-order valence-corrected chi connectivity index (χ2v) is 8.80. The van der Waals surface area contributed by atoms with Crippen LogP contribution in [0.5, 0.6) is 5.88 Å². The molecule has 2 fully saturated rings. The topological polar surface area (TPSA) is 98.3 Å². The molecule has 1 aromatic carbocycles. The zero-order chi connectivity index (χ0) is 22.9. The normalized spacial score (nSPS) is 16.9. The van der Waals surface area contributed by atoms with Crippen LogP contribution in [0.25, 0.3) is 16.9 Å². The summed E-state index contributed by atoms with van der Waals surface area (Å²) in [5.74, 6) is 0.374. The third-order valence-corrected chi connectivity index (χ3v) is 6.66. The van der Waals surface area contributed by atoms with E-state index in [1.165, 1.54) is 23.9 Å². The summed E-state index contributed by atoms with van der Waals surface area (Å²) in [4.78, 5) is 21.6. The minimum atomic E-state index is -0.0403. The summed E-state index contributed by atoms with van der Waals surface area (Å²) >= 11 is 0. The fraction of sp³-hybridized carbons (Fsp3) is 0.360. The van der Waals surface area contributed by atoms with Crippen LogP contribution in [-0.4, -0.2) is 67.8 Å². The van der Waals surface area contributed by atoms with Crippen LogP contribution in [0, 0.1) is 18.3 Å². The van der Waals surface area contributed by atoms with Gasteiger partial charge in [-0.1, -0.05) is 12.5 Å². The maximum absolute atomic E-state index is 12.8. The Balaban J connectivity index is 1.28. The van der Waals surface area contributed by atoms with E-state index in [9.17, 15) is 9.90 Å². The van der Waals surface area contributed by atoms with Crippen molar-refractivity contribution in [3.8, 4) is 28.9 Å². The van der Waals surface area contributed by atoms with Crippen LogP contribution in [0.3, 0.4) is 0 Å². The standard InChI is InChI=1S/C25H26N6O2/c1-17-11-18(12-26)5-7-21(17)22-14-28-31(25(22)33)23-8-6-19(13-27-23)24(32)30-15-20(16-30)29-9-3-2-4-10-29/h5-8,11,13-14,20,33H,2-4,9-10,15-16H2,1H3. The number of carbonyl (C=O) groups is 1. The first-order chi connectivity index (χ1) is 16.0. The number of hydrogen-bond donors (Lipinski definition) is 1. The molecule has 2 aliphatic rings. The Bertz CT molecular complexity index is 1210. The molecule has 2 aromatic heterocycles. The first-order valence-corrected chi connectivity index (χ1v) is 11.3. The number of rotatable bonds is 4. The fourth-order valence-electron chi connectivity index (χ4n) is 4.69. The number of amides is 1. The average molecular weight is 443 g/mol. The van der Waals surface area contributed by atoms with Gasteiger partial charge in [-0.15, -0.1) is 0 Å². The van der Waals surface area contributed by atoms with Crippen LogP contribution in [0.1, 0.15) is 40.7 Å². The number of aromatic hydroxyl groups is 1. The first-order valence-electron chi connectivity index (χ1n) is 11.3. The maximum Gasteiger partial charge on any atom is 0.255 e. The largest absolute Gasteiger partial charge is 0.493 e. The van der Waals surface area contributed by atoms with Gasteiger partial charge in [-0.2, -0.15) is 15.0 Å². The lowest BCUT2D eigenvalue weighted by atomic mass is 10.0. The number of pyridine rings is 1. The first kappa shape index (κ1) is 21.2. The molecule has 8 nitrogen and oxygen atoms in total. The molecular formula is C25H26N6O2. The van der Waals surface area contributed by atoms with Crippen molar-refractivity contribution < 1.29 is 9.90 Å². The molecule has 1 amide bonds. The Morgan fingerprint density at radius 1 is 1.09 bits per heavy atom. The highest BCUT2D eigenvalue weighted by Crippen LogP contribution is 2.33. The van der Waals surface area contributed by atoms with Crippen molar-refractivity contribution in [1.82, 2.24) is 24.6 Å². The van der Waals surface area contributed by atoms with Gasteiger partial charge < -0.3 is 10.0 Å². The molecule has 1 N–H and O–H groups in total. The van der Waals surface area contributed by atoms with Crippen molar-refractivity contribution in [3.05, 3.63) is 59.4 Å². The molecule has 0 unspecified atom stereocenters. The molecule has 0 atom stereocenters. The molecule has 0 saturated carbocycles. The lowest BCUT2D eigenvalue weighted by Crippen LogP contribution is -2.61. The second-order valence-electron chi connectivity index (χ2n) is 8.80. The van der Waals surface area contributed by atoms with Gasteiger partial charge >= 0.3 is 0 Å². The van der Waals surface area contributed by atoms with E-state index in [1.54, 1.807) is 42.7 Å². The molecular weight excluding hydrogens is 416 g/mol. The summed E-state index contributed by atoms with van der Waals surface area (Å²) in [7, 11) is 0. The van der Waals surface area contributed by atoms with E-state index in [-0.39, 0.29) is 11.8 Å². The smallest absolute Gasteiger partial charge is 0.255 e. The lowest BCUT2D eigenvalue weighted by molar-refractivity contribution is 0.0203. The highest BCUT2D eigenvalue weighted by Gasteiger charge is 2.35. The maximum atomic E-state index is 12.8. The number of aromatic nitrogens is 3. The molecule has 0 aliphatic carbocycles. The average Bonchev–Trinajstić information content (AvgIpc) is 3.19. The van der Waals surface area contributed by atoms with Gasteiger partial charge in [0.15, 0.2) is 5.82 Å². The summed E-state index contributed by atoms with van der Waals surface area (Å²) < 4.78 is 1.34. The van der Waals surface area contributed by atoms with E-state index in [2.05, 4.69) is 21.1 Å². The molecule has 0 bridgehead atoms. The molecule has 2 aliphatic heterocycles. The van der Waals surface area contributed by atoms with Gasteiger partial charge in [0, 0.05) is 25.3 Å². The van der Waals surface area contributed by atoms with Crippen LogP contribution < -0.4 is 0 Å². The second kappa shape index (κ2) is 8.68. The number of benzene rings is 1. The number of nitrogens with zero attached hydrogens (tertiary/aromatic N) is 6. The van der Waals surface area contributed by atoms with Crippen molar-refractivity contribution in [2.75, 3.05) is 26.2 Å². The predicted octanol–water partition coefficient (Wildman–Crippen LogP) is 3.13. The van der Waals surface area contributed by atoms with Gasteiger partial charge in [0.05, 0.1) is 29.0 Å². The van der Waals surface area contributed by atoms with Crippen LogP contribution in [0.2, 0.25) is 0 Å².